The number of carbonyl (C=O) groups is 1. The third-order valence-electron chi connectivity index (χ3n) is 3.61. The maximum atomic E-state index is 12.7. The van der Waals surface area contributed by atoms with Gasteiger partial charge >= 0.3 is 0 Å². The van der Waals surface area contributed by atoms with Gasteiger partial charge < -0.3 is 11.1 Å². The predicted octanol–water partition coefficient (Wildman–Crippen LogP) is 2.42. The summed E-state index contributed by atoms with van der Waals surface area (Å²) in [7, 11) is -3.64. The molecule has 0 aliphatic carbocycles. The molecule has 2 aromatic carbocycles. The lowest BCUT2D eigenvalue weighted by molar-refractivity contribution is -0.117. The van der Waals surface area contributed by atoms with Gasteiger partial charge in [0.15, 0.2) is 0 Å². The first-order valence-corrected chi connectivity index (χ1v) is 8.69. The van der Waals surface area contributed by atoms with E-state index in [-0.39, 0.29) is 15.7 Å². The van der Waals surface area contributed by atoms with Gasteiger partial charge in [-0.3, -0.25) is 4.79 Å². The van der Waals surface area contributed by atoms with Crippen molar-refractivity contribution in [3.63, 3.8) is 0 Å². The molecule has 0 bridgehead atoms. The van der Waals surface area contributed by atoms with Gasteiger partial charge in [-0.2, -0.15) is 0 Å². The number of nitrogens with two attached hydrogens (primary N) is 1. The lowest BCUT2D eigenvalue weighted by atomic mass is 10.1. The molecule has 122 valence electrons. The molecule has 5 nitrogen and oxygen atoms in total. The van der Waals surface area contributed by atoms with E-state index in [1.54, 1.807) is 37.3 Å². The van der Waals surface area contributed by atoms with Crippen LogP contribution in [-0.4, -0.2) is 20.4 Å². The second-order valence-corrected chi connectivity index (χ2v) is 7.50. The Morgan fingerprint density at radius 1 is 1.04 bits per heavy atom. The van der Waals surface area contributed by atoms with Crippen LogP contribution in [0.2, 0.25) is 0 Å². The van der Waals surface area contributed by atoms with Crippen LogP contribution in [-0.2, 0) is 14.6 Å². The average molecular weight is 332 g/mol. The number of benzene rings is 2. The zero-order chi connectivity index (χ0) is 17.2. The van der Waals surface area contributed by atoms with Crippen molar-refractivity contribution in [1.29, 1.82) is 0 Å². The lowest BCUT2D eigenvalue weighted by Gasteiger charge is -2.11. The molecule has 2 rings (SSSR count). The number of aryl methyl sites for hydroxylation is 2. The number of rotatable bonds is 4. The van der Waals surface area contributed by atoms with Crippen molar-refractivity contribution < 1.29 is 13.2 Å². The molecule has 23 heavy (non-hydrogen) atoms. The van der Waals surface area contributed by atoms with Crippen LogP contribution in [0, 0.1) is 13.8 Å². The van der Waals surface area contributed by atoms with E-state index in [9.17, 15) is 13.2 Å². The van der Waals surface area contributed by atoms with Crippen molar-refractivity contribution >= 4 is 21.4 Å². The van der Waals surface area contributed by atoms with E-state index < -0.39 is 15.9 Å². The Balaban J connectivity index is 2.40. The largest absolute Gasteiger partial charge is 0.325 e. The minimum Gasteiger partial charge on any atom is -0.325 e. The Bertz CT molecular complexity index is 843. The lowest BCUT2D eigenvalue weighted by Crippen LogP contribution is -2.32. The highest BCUT2D eigenvalue weighted by Gasteiger charge is 2.19. The average Bonchev–Trinajstić information content (AvgIpc) is 2.50. The van der Waals surface area contributed by atoms with Crippen LogP contribution in [0.15, 0.2) is 52.3 Å². The Hall–Kier alpha value is -2.18. The number of hydrogen-bond donors (Lipinski definition) is 2. The Morgan fingerprint density at radius 3 is 2.30 bits per heavy atom. The van der Waals surface area contributed by atoms with Gasteiger partial charge in [-0.25, -0.2) is 8.42 Å². The van der Waals surface area contributed by atoms with E-state index in [4.69, 9.17) is 5.73 Å². The van der Waals surface area contributed by atoms with Gasteiger partial charge in [0, 0.05) is 5.69 Å². The third kappa shape index (κ3) is 3.78. The van der Waals surface area contributed by atoms with Crippen LogP contribution in [0.4, 0.5) is 5.69 Å². The molecule has 0 saturated heterocycles. The molecule has 3 N–H and O–H groups in total. The van der Waals surface area contributed by atoms with Gasteiger partial charge in [-0.15, -0.1) is 0 Å². The molecule has 0 fully saturated rings. The van der Waals surface area contributed by atoms with Crippen LogP contribution >= 0.6 is 0 Å². The zero-order valence-electron chi connectivity index (χ0n) is 13.3. The number of hydrogen-bond acceptors (Lipinski definition) is 4. The van der Waals surface area contributed by atoms with Crippen LogP contribution < -0.4 is 11.1 Å². The van der Waals surface area contributed by atoms with Gasteiger partial charge in [-0.1, -0.05) is 12.1 Å². The van der Waals surface area contributed by atoms with Crippen LogP contribution in [0.25, 0.3) is 0 Å². The van der Waals surface area contributed by atoms with Crippen molar-refractivity contribution in [3.05, 3.63) is 53.6 Å². The number of carbonyl (C=O) groups excluding carboxylic acids is 1. The molecule has 0 saturated carbocycles. The first-order chi connectivity index (χ1) is 10.7. The Kier molecular flexibility index (Phi) is 4.87. The summed E-state index contributed by atoms with van der Waals surface area (Å²) in [5.41, 5.74) is 7.84. The molecule has 0 spiro atoms. The van der Waals surface area contributed by atoms with E-state index >= 15 is 0 Å². The summed E-state index contributed by atoms with van der Waals surface area (Å²) in [5.74, 6) is -0.370. The maximum absolute atomic E-state index is 12.7. The second-order valence-electron chi connectivity index (χ2n) is 5.56. The summed E-state index contributed by atoms with van der Waals surface area (Å²) in [6, 6.07) is 10.5. The summed E-state index contributed by atoms with van der Waals surface area (Å²) in [4.78, 5) is 12.0. The predicted molar refractivity (Wildman–Crippen MR) is 90.1 cm³/mol. The van der Waals surface area contributed by atoms with Crippen molar-refractivity contribution in [3.8, 4) is 0 Å². The molecular formula is C17H20N2O3S. The maximum Gasteiger partial charge on any atom is 0.240 e. The second kappa shape index (κ2) is 6.52. The summed E-state index contributed by atoms with van der Waals surface area (Å²) < 4.78 is 25.5. The molecule has 1 amide bonds. The molecule has 6 heteroatoms. The number of nitrogens with one attached hydrogen (secondary N) is 1. The van der Waals surface area contributed by atoms with Crippen LogP contribution in [0.1, 0.15) is 18.1 Å². The Morgan fingerprint density at radius 2 is 1.70 bits per heavy atom. The van der Waals surface area contributed by atoms with Gasteiger partial charge in [0.25, 0.3) is 0 Å². The van der Waals surface area contributed by atoms with Crippen molar-refractivity contribution in [1.82, 2.24) is 0 Å². The summed E-state index contributed by atoms with van der Waals surface area (Å²) in [6.07, 6.45) is 0. The summed E-state index contributed by atoms with van der Waals surface area (Å²) in [5, 5.41) is 2.60. The molecule has 0 aliphatic heterocycles. The molecule has 1 atom stereocenters. The number of sulfone groups is 1. The SMILES string of the molecule is Cc1ccc(S(=O)(=O)c2cccc(NC(=O)C(C)N)c2)cc1C. The Labute approximate surface area is 136 Å². The van der Waals surface area contributed by atoms with E-state index in [1.165, 1.54) is 12.1 Å². The molecule has 0 aliphatic rings. The van der Waals surface area contributed by atoms with Gasteiger partial charge in [0.1, 0.15) is 0 Å². The topological polar surface area (TPSA) is 89.3 Å². The summed E-state index contributed by atoms with van der Waals surface area (Å²) >= 11 is 0. The fourth-order valence-electron chi connectivity index (χ4n) is 2.01. The highest BCUT2D eigenvalue weighted by Crippen LogP contribution is 2.25. The van der Waals surface area contributed by atoms with Crippen LogP contribution in [0.3, 0.4) is 0 Å². The quantitative estimate of drug-likeness (QED) is 0.900. The van der Waals surface area contributed by atoms with E-state index in [0.717, 1.165) is 11.1 Å². The molecule has 1 unspecified atom stereocenters. The molecule has 0 radical (unpaired) electrons. The molecule has 0 aromatic heterocycles. The fraction of sp³-hybridized carbons (Fsp3) is 0.235. The monoisotopic (exact) mass is 332 g/mol. The number of amides is 1. The van der Waals surface area contributed by atoms with Gasteiger partial charge in [0.2, 0.25) is 15.7 Å². The fourth-order valence-corrected chi connectivity index (χ4v) is 3.41. The minimum atomic E-state index is -3.64. The molecule has 0 heterocycles. The van der Waals surface area contributed by atoms with Gasteiger partial charge in [-0.05, 0) is 62.2 Å². The van der Waals surface area contributed by atoms with Crippen molar-refractivity contribution in [2.24, 2.45) is 5.73 Å². The number of anilines is 1. The summed E-state index contributed by atoms with van der Waals surface area (Å²) in [6.45, 7) is 5.36. The van der Waals surface area contributed by atoms with Gasteiger partial charge in [0.05, 0.1) is 15.8 Å². The smallest absolute Gasteiger partial charge is 0.240 e. The molecule has 2 aromatic rings. The minimum absolute atomic E-state index is 0.128. The van der Waals surface area contributed by atoms with E-state index in [0.29, 0.717) is 5.69 Å². The van der Waals surface area contributed by atoms with Crippen molar-refractivity contribution in [2.45, 2.75) is 36.6 Å². The van der Waals surface area contributed by atoms with E-state index in [1.807, 2.05) is 13.8 Å². The third-order valence-corrected chi connectivity index (χ3v) is 5.36. The van der Waals surface area contributed by atoms with Crippen LogP contribution in [0.5, 0.6) is 0 Å². The van der Waals surface area contributed by atoms with E-state index in [2.05, 4.69) is 5.32 Å². The zero-order valence-corrected chi connectivity index (χ0v) is 14.1. The standard InChI is InChI=1S/C17H20N2O3S/c1-11-7-8-16(9-12(11)2)23(21,22)15-6-4-5-14(10-15)19-17(20)13(3)18/h4-10,13H,18H2,1-3H3,(H,19,20). The normalized spacial score (nSPS) is 12.7. The highest BCUT2D eigenvalue weighted by molar-refractivity contribution is 7.91. The highest BCUT2D eigenvalue weighted by atomic mass is 32.2. The molecular weight excluding hydrogens is 312 g/mol. The van der Waals surface area contributed by atoms with Crippen molar-refractivity contribution in [2.75, 3.05) is 5.32 Å². The first kappa shape index (κ1) is 17.2. The first-order valence-electron chi connectivity index (χ1n) is 7.20.